The van der Waals surface area contributed by atoms with Crippen molar-refractivity contribution in [3.05, 3.63) is 65.5 Å². The van der Waals surface area contributed by atoms with Crippen LogP contribution in [0.25, 0.3) is 0 Å². The van der Waals surface area contributed by atoms with Crippen molar-refractivity contribution >= 4 is 17.7 Å². The zero-order valence-electron chi connectivity index (χ0n) is 20.4. The molecule has 2 aliphatic heterocycles. The SMILES string of the molecule is Cc1ccccc1[C@]1(CC(=O)N2CCCC[C@@H]2c2cccnc2)CC(=O)N(CCN(C)C)C1=O. The van der Waals surface area contributed by atoms with Gasteiger partial charge in [0.15, 0.2) is 0 Å². The van der Waals surface area contributed by atoms with E-state index in [4.69, 9.17) is 0 Å². The maximum Gasteiger partial charge on any atom is 0.240 e. The number of aryl methyl sites for hydroxylation is 1. The number of pyridine rings is 1. The van der Waals surface area contributed by atoms with E-state index in [1.807, 2.05) is 73.4 Å². The van der Waals surface area contributed by atoms with Gasteiger partial charge in [0, 0.05) is 44.9 Å². The monoisotopic (exact) mass is 462 g/mol. The topological polar surface area (TPSA) is 73.8 Å². The van der Waals surface area contributed by atoms with Crippen molar-refractivity contribution in [1.82, 2.24) is 19.7 Å². The Hall–Kier alpha value is -3.06. The van der Waals surface area contributed by atoms with E-state index in [1.54, 1.807) is 6.20 Å². The van der Waals surface area contributed by atoms with Gasteiger partial charge in [0.2, 0.25) is 17.7 Å². The van der Waals surface area contributed by atoms with E-state index in [-0.39, 0.29) is 36.6 Å². The third kappa shape index (κ3) is 4.62. The molecule has 2 aromatic rings. The Labute approximate surface area is 201 Å². The molecule has 180 valence electrons. The van der Waals surface area contributed by atoms with E-state index in [1.165, 1.54) is 4.90 Å². The summed E-state index contributed by atoms with van der Waals surface area (Å²) in [4.78, 5) is 50.3. The lowest BCUT2D eigenvalue weighted by molar-refractivity contribution is -0.144. The summed E-state index contributed by atoms with van der Waals surface area (Å²) >= 11 is 0. The second-order valence-corrected chi connectivity index (χ2v) is 9.79. The van der Waals surface area contributed by atoms with Crippen LogP contribution in [0, 0.1) is 6.92 Å². The van der Waals surface area contributed by atoms with Gasteiger partial charge in [0.25, 0.3) is 0 Å². The molecule has 7 nitrogen and oxygen atoms in total. The summed E-state index contributed by atoms with van der Waals surface area (Å²) in [5, 5.41) is 0. The Kier molecular flexibility index (Phi) is 7.12. The minimum absolute atomic E-state index is 0.00233. The van der Waals surface area contributed by atoms with E-state index in [0.717, 1.165) is 36.0 Å². The van der Waals surface area contributed by atoms with Crippen molar-refractivity contribution < 1.29 is 14.4 Å². The number of hydrogen-bond acceptors (Lipinski definition) is 5. The second-order valence-electron chi connectivity index (χ2n) is 9.79. The molecular formula is C27H34N4O3. The predicted octanol–water partition coefficient (Wildman–Crippen LogP) is 3.09. The minimum atomic E-state index is -1.16. The van der Waals surface area contributed by atoms with Gasteiger partial charge in [0.05, 0.1) is 11.5 Å². The highest BCUT2D eigenvalue weighted by Gasteiger charge is 2.54. The molecule has 4 rings (SSSR count). The summed E-state index contributed by atoms with van der Waals surface area (Å²) in [5.41, 5.74) is 1.56. The molecule has 2 aliphatic rings. The first-order chi connectivity index (χ1) is 16.3. The van der Waals surface area contributed by atoms with Gasteiger partial charge >= 0.3 is 0 Å². The molecule has 0 aliphatic carbocycles. The van der Waals surface area contributed by atoms with Crippen LogP contribution >= 0.6 is 0 Å². The lowest BCUT2D eigenvalue weighted by Crippen LogP contribution is -2.46. The molecule has 2 fully saturated rings. The number of likely N-dealkylation sites (N-methyl/N-ethyl adjacent to an activating group) is 1. The Bertz CT molecular complexity index is 1050. The molecule has 0 saturated carbocycles. The minimum Gasteiger partial charge on any atom is -0.336 e. The summed E-state index contributed by atoms with van der Waals surface area (Å²) in [7, 11) is 3.83. The van der Waals surface area contributed by atoms with Gasteiger partial charge in [-0.3, -0.25) is 24.3 Å². The maximum atomic E-state index is 13.9. The van der Waals surface area contributed by atoms with Crippen LogP contribution in [0.5, 0.6) is 0 Å². The van der Waals surface area contributed by atoms with Crippen LogP contribution in [-0.4, -0.2) is 71.1 Å². The first-order valence-electron chi connectivity index (χ1n) is 12.1. The number of nitrogens with zero attached hydrogens (tertiary/aromatic N) is 4. The third-order valence-corrected chi connectivity index (χ3v) is 7.19. The zero-order chi connectivity index (χ0) is 24.3. The molecule has 0 bridgehead atoms. The van der Waals surface area contributed by atoms with Gasteiger partial charge in [-0.2, -0.15) is 0 Å². The standard InChI is InChI=1S/C27H34N4O3/c1-20-9-4-5-11-22(20)27(18-25(33)31(26(27)34)16-15-29(2)3)17-24(32)30-14-7-6-12-23(30)21-10-8-13-28-19-21/h4-5,8-11,13,19,23H,6-7,12,14-18H2,1-3H3/t23-,27+/m1/s1. The lowest BCUT2D eigenvalue weighted by atomic mass is 9.73. The van der Waals surface area contributed by atoms with Crippen molar-refractivity contribution in [3.63, 3.8) is 0 Å². The molecule has 3 amide bonds. The zero-order valence-corrected chi connectivity index (χ0v) is 20.4. The number of amides is 3. The average molecular weight is 463 g/mol. The molecule has 0 spiro atoms. The Balaban J connectivity index is 1.68. The molecule has 2 saturated heterocycles. The number of aromatic nitrogens is 1. The number of piperidine rings is 1. The van der Waals surface area contributed by atoms with E-state index >= 15 is 0 Å². The third-order valence-electron chi connectivity index (χ3n) is 7.19. The highest BCUT2D eigenvalue weighted by Crippen LogP contribution is 2.43. The summed E-state index contributed by atoms with van der Waals surface area (Å²) in [6, 6.07) is 11.5. The molecule has 0 N–H and O–H groups in total. The van der Waals surface area contributed by atoms with Crippen LogP contribution in [0.2, 0.25) is 0 Å². The van der Waals surface area contributed by atoms with Crippen molar-refractivity contribution in [3.8, 4) is 0 Å². The highest BCUT2D eigenvalue weighted by atomic mass is 16.2. The van der Waals surface area contributed by atoms with Crippen molar-refractivity contribution in [2.24, 2.45) is 0 Å². The van der Waals surface area contributed by atoms with Crippen LogP contribution in [0.4, 0.5) is 0 Å². The van der Waals surface area contributed by atoms with E-state index in [0.29, 0.717) is 19.6 Å². The first kappa shape index (κ1) is 24.1. The van der Waals surface area contributed by atoms with Gasteiger partial charge in [-0.25, -0.2) is 0 Å². The quantitative estimate of drug-likeness (QED) is 0.591. The van der Waals surface area contributed by atoms with Crippen molar-refractivity contribution in [2.45, 2.75) is 50.5 Å². The maximum absolute atomic E-state index is 13.9. The van der Waals surface area contributed by atoms with E-state index < -0.39 is 5.41 Å². The highest BCUT2D eigenvalue weighted by molar-refractivity contribution is 6.11. The first-order valence-corrected chi connectivity index (χ1v) is 12.1. The van der Waals surface area contributed by atoms with Crippen LogP contribution < -0.4 is 0 Å². The molecule has 34 heavy (non-hydrogen) atoms. The molecule has 7 heteroatoms. The molecule has 0 radical (unpaired) electrons. The van der Waals surface area contributed by atoms with Gasteiger partial charge < -0.3 is 9.80 Å². The van der Waals surface area contributed by atoms with Crippen molar-refractivity contribution in [2.75, 3.05) is 33.7 Å². The smallest absolute Gasteiger partial charge is 0.240 e. The van der Waals surface area contributed by atoms with Crippen LogP contribution in [0.3, 0.4) is 0 Å². The fourth-order valence-electron chi connectivity index (χ4n) is 5.39. The largest absolute Gasteiger partial charge is 0.336 e. The lowest BCUT2D eigenvalue weighted by Gasteiger charge is -2.38. The fourth-order valence-corrected chi connectivity index (χ4v) is 5.39. The molecular weight excluding hydrogens is 428 g/mol. The van der Waals surface area contributed by atoms with Gasteiger partial charge in [-0.15, -0.1) is 0 Å². The Morgan fingerprint density at radius 1 is 1.15 bits per heavy atom. The number of likely N-dealkylation sites (tertiary alicyclic amines) is 2. The van der Waals surface area contributed by atoms with Crippen molar-refractivity contribution in [1.29, 1.82) is 0 Å². The molecule has 2 atom stereocenters. The summed E-state index contributed by atoms with van der Waals surface area (Å²) in [5.74, 6) is -0.533. The number of imide groups is 1. The molecule has 1 aromatic heterocycles. The second kappa shape index (κ2) is 10.1. The summed E-state index contributed by atoms with van der Waals surface area (Å²) in [6.45, 7) is 3.51. The van der Waals surface area contributed by atoms with Crippen LogP contribution in [0.15, 0.2) is 48.8 Å². The van der Waals surface area contributed by atoms with Gasteiger partial charge in [0.1, 0.15) is 0 Å². The summed E-state index contributed by atoms with van der Waals surface area (Å²) < 4.78 is 0. The number of carbonyl (C=O) groups is 3. The molecule has 3 heterocycles. The number of benzene rings is 1. The molecule has 0 unspecified atom stereocenters. The Morgan fingerprint density at radius 3 is 2.65 bits per heavy atom. The fraction of sp³-hybridized carbons (Fsp3) is 0.481. The van der Waals surface area contributed by atoms with E-state index in [9.17, 15) is 14.4 Å². The van der Waals surface area contributed by atoms with E-state index in [2.05, 4.69) is 4.98 Å². The van der Waals surface area contributed by atoms with Gasteiger partial charge in [-0.1, -0.05) is 30.3 Å². The number of rotatable bonds is 7. The number of carbonyl (C=O) groups excluding carboxylic acids is 3. The normalized spacial score (nSPS) is 23.1. The van der Waals surface area contributed by atoms with Crippen LogP contribution in [-0.2, 0) is 19.8 Å². The number of hydrogen-bond donors (Lipinski definition) is 0. The Morgan fingerprint density at radius 2 is 1.94 bits per heavy atom. The summed E-state index contributed by atoms with van der Waals surface area (Å²) in [6.07, 6.45) is 6.43. The predicted molar refractivity (Wildman–Crippen MR) is 130 cm³/mol. The average Bonchev–Trinajstić information content (AvgIpc) is 3.07. The molecule has 1 aromatic carbocycles. The van der Waals surface area contributed by atoms with Crippen LogP contribution in [0.1, 0.15) is 54.8 Å². The van der Waals surface area contributed by atoms with Gasteiger partial charge in [-0.05, 0) is 63.0 Å².